The molecule has 2 aliphatic rings. The maximum Gasteiger partial charge on any atom is 0.234 e. The Balaban J connectivity index is 1.22. The van der Waals surface area contributed by atoms with Gasteiger partial charge >= 0.3 is 0 Å². The van der Waals surface area contributed by atoms with Crippen molar-refractivity contribution in [1.82, 2.24) is 0 Å². The van der Waals surface area contributed by atoms with Crippen LogP contribution < -0.4 is 9.80 Å². The number of nitrogens with zero attached hydrogens (tertiary/aromatic N) is 2. The molecular formula is C32H24N2O6. The molecule has 0 radical (unpaired) electrons. The number of hydrogen-bond donors (Lipinski definition) is 0. The predicted molar refractivity (Wildman–Crippen MR) is 150 cm³/mol. The van der Waals surface area contributed by atoms with Gasteiger partial charge in [0.05, 0.1) is 11.4 Å². The van der Waals surface area contributed by atoms with Crippen molar-refractivity contribution in [2.75, 3.05) is 9.80 Å². The number of benzene rings is 3. The lowest BCUT2D eigenvalue weighted by molar-refractivity contribution is -0.122. The zero-order chi connectivity index (χ0) is 28.2. The third-order valence-corrected chi connectivity index (χ3v) is 6.67. The van der Waals surface area contributed by atoms with Crippen LogP contribution in [0.2, 0.25) is 0 Å². The van der Waals surface area contributed by atoms with Crippen LogP contribution in [0.1, 0.15) is 57.5 Å². The first-order chi connectivity index (χ1) is 19.3. The fourth-order valence-corrected chi connectivity index (χ4v) is 4.58. The summed E-state index contributed by atoms with van der Waals surface area (Å²) >= 11 is 0. The molecule has 0 spiro atoms. The van der Waals surface area contributed by atoms with Gasteiger partial charge < -0.3 is 0 Å². The Morgan fingerprint density at radius 2 is 0.875 bits per heavy atom. The predicted octanol–water partition coefficient (Wildman–Crippen LogP) is 4.79. The van der Waals surface area contributed by atoms with Gasteiger partial charge in [0.2, 0.25) is 23.6 Å². The maximum absolute atomic E-state index is 12.7. The standard InChI is InChI=1S/C32H24N2O6/c35-27(23-3-1-5-25(19-23)33-29(37)15-16-30(33)38)13-11-21-7-9-22(10-8-21)12-14-28(36)24-4-2-6-26(20-24)34-31(39)17-18-32(34)40/h1-14,19-20H,15-18H2. The van der Waals surface area contributed by atoms with E-state index in [-0.39, 0.29) is 60.9 Å². The van der Waals surface area contributed by atoms with Crippen molar-refractivity contribution < 1.29 is 28.8 Å². The molecule has 2 fully saturated rings. The minimum Gasteiger partial charge on any atom is -0.289 e. The second-order valence-electron chi connectivity index (χ2n) is 9.41. The molecule has 3 aromatic rings. The second-order valence-corrected chi connectivity index (χ2v) is 9.41. The Kier molecular flexibility index (Phi) is 7.41. The molecule has 40 heavy (non-hydrogen) atoms. The van der Waals surface area contributed by atoms with E-state index in [0.29, 0.717) is 22.5 Å². The molecule has 0 aliphatic carbocycles. The summed E-state index contributed by atoms with van der Waals surface area (Å²) in [7, 11) is 0. The molecule has 8 nitrogen and oxygen atoms in total. The zero-order valence-electron chi connectivity index (χ0n) is 21.4. The first-order valence-electron chi connectivity index (χ1n) is 12.8. The second kappa shape index (κ2) is 11.2. The number of anilines is 2. The molecule has 2 aliphatic heterocycles. The number of carbonyl (C=O) groups excluding carboxylic acids is 6. The van der Waals surface area contributed by atoms with E-state index in [1.807, 2.05) is 0 Å². The van der Waals surface area contributed by atoms with Gasteiger partial charge in [-0.1, -0.05) is 60.7 Å². The normalized spacial score (nSPS) is 15.7. The molecule has 3 aromatic carbocycles. The Bertz CT molecular complexity index is 1460. The number of hydrogen-bond acceptors (Lipinski definition) is 6. The lowest BCUT2D eigenvalue weighted by Gasteiger charge is -2.14. The van der Waals surface area contributed by atoms with Crippen LogP contribution in [0.5, 0.6) is 0 Å². The van der Waals surface area contributed by atoms with Crippen LogP contribution in [-0.4, -0.2) is 35.2 Å². The number of imide groups is 2. The molecule has 8 heteroatoms. The van der Waals surface area contributed by atoms with Crippen LogP contribution in [-0.2, 0) is 19.2 Å². The summed E-state index contributed by atoms with van der Waals surface area (Å²) < 4.78 is 0. The first kappa shape index (κ1) is 26.4. The molecule has 2 heterocycles. The van der Waals surface area contributed by atoms with E-state index in [2.05, 4.69) is 0 Å². The van der Waals surface area contributed by atoms with Gasteiger partial charge in [0, 0.05) is 36.8 Å². The molecule has 2 saturated heterocycles. The monoisotopic (exact) mass is 532 g/mol. The van der Waals surface area contributed by atoms with Gasteiger partial charge in [-0.15, -0.1) is 0 Å². The number of rotatable bonds is 8. The SMILES string of the molecule is O=C(C=Cc1ccc(C=CC(=O)c2cccc(N3C(=O)CCC3=O)c2)cc1)c1cccc(N2C(=O)CCC2=O)c1. The Morgan fingerprint density at radius 3 is 1.23 bits per heavy atom. The highest BCUT2D eigenvalue weighted by Gasteiger charge is 2.31. The highest BCUT2D eigenvalue weighted by atomic mass is 16.2. The van der Waals surface area contributed by atoms with Crippen LogP contribution in [0.15, 0.2) is 84.9 Å². The maximum atomic E-state index is 12.7. The van der Waals surface area contributed by atoms with Gasteiger partial charge in [0.1, 0.15) is 0 Å². The van der Waals surface area contributed by atoms with Crippen molar-refractivity contribution >= 4 is 58.7 Å². The van der Waals surface area contributed by atoms with Gasteiger partial charge in [0.25, 0.3) is 0 Å². The van der Waals surface area contributed by atoms with Crippen molar-refractivity contribution in [2.24, 2.45) is 0 Å². The van der Waals surface area contributed by atoms with Gasteiger partial charge in [-0.05, 0) is 47.5 Å². The first-order valence-corrected chi connectivity index (χ1v) is 12.8. The molecule has 198 valence electrons. The third-order valence-electron chi connectivity index (χ3n) is 6.67. The lowest BCUT2D eigenvalue weighted by Crippen LogP contribution is -2.28. The van der Waals surface area contributed by atoms with Gasteiger partial charge in [-0.3, -0.25) is 38.6 Å². The smallest absolute Gasteiger partial charge is 0.234 e. The third kappa shape index (κ3) is 5.61. The fraction of sp³-hybridized carbons (Fsp3) is 0.125. The molecule has 0 atom stereocenters. The van der Waals surface area contributed by atoms with Crippen LogP contribution in [0.3, 0.4) is 0 Å². The number of amides is 4. The van der Waals surface area contributed by atoms with E-state index in [4.69, 9.17) is 0 Å². The molecule has 0 aromatic heterocycles. The van der Waals surface area contributed by atoms with Gasteiger partial charge in [-0.2, -0.15) is 0 Å². The summed E-state index contributed by atoms with van der Waals surface area (Å²) in [5, 5.41) is 0. The number of allylic oxidation sites excluding steroid dienone is 2. The summed E-state index contributed by atoms with van der Waals surface area (Å²) in [5.41, 5.74) is 3.05. The fourth-order valence-electron chi connectivity index (χ4n) is 4.58. The molecule has 0 N–H and O–H groups in total. The zero-order valence-corrected chi connectivity index (χ0v) is 21.4. The van der Waals surface area contributed by atoms with E-state index in [0.717, 1.165) is 20.9 Å². The highest BCUT2D eigenvalue weighted by Crippen LogP contribution is 2.25. The molecular weight excluding hydrogens is 508 g/mol. The minimum absolute atomic E-state index is 0.173. The summed E-state index contributed by atoms with van der Waals surface area (Å²) in [6.45, 7) is 0. The lowest BCUT2D eigenvalue weighted by atomic mass is 10.1. The van der Waals surface area contributed by atoms with E-state index < -0.39 is 0 Å². The molecule has 4 amide bonds. The largest absolute Gasteiger partial charge is 0.289 e. The summed E-state index contributed by atoms with van der Waals surface area (Å²) in [5.74, 6) is -1.63. The van der Waals surface area contributed by atoms with Crippen molar-refractivity contribution in [3.63, 3.8) is 0 Å². The Morgan fingerprint density at radius 1 is 0.525 bits per heavy atom. The number of ketones is 2. The van der Waals surface area contributed by atoms with Gasteiger partial charge in [0.15, 0.2) is 11.6 Å². The topological polar surface area (TPSA) is 109 Å². The van der Waals surface area contributed by atoms with E-state index in [1.54, 1.807) is 72.8 Å². The van der Waals surface area contributed by atoms with Crippen LogP contribution in [0, 0.1) is 0 Å². The van der Waals surface area contributed by atoms with Crippen molar-refractivity contribution in [1.29, 1.82) is 0 Å². The average Bonchev–Trinajstić information content (AvgIpc) is 3.49. The van der Waals surface area contributed by atoms with Crippen molar-refractivity contribution in [3.05, 3.63) is 107 Å². The van der Waals surface area contributed by atoms with E-state index in [9.17, 15) is 28.8 Å². The minimum atomic E-state index is -0.274. The van der Waals surface area contributed by atoms with Crippen LogP contribution >= 0.6 is 0 Å². The van der Waals surface area contributed by atoms with Crippen molar-refractivity contribution in [3.8, 4) is 0 Å². The Hall–Kier alpha value is -5.24. The summed E-state index contributed by atoms with van der Waals surface area (Å²) in [6.07, 6.45) is 6.85. The van der Waals surface area contributed by atoms with E-state index >= 15 is 0 Å². The molecule has 5 rings (SSSR count). The Labute approximate surface area is 230 Å². The summed E-state index contributed by atoms with van der Waals surface area (Å²) in [4.78, 5) is 75.7. The number of carbonyl (C=O) groups is 6. The van der Waals surface area contributed by atoms with Crippen LogP contribution in [0.25, 0.3) is 12.2 Å². The summed E-state index contributed by atoms with van der Waals surface area (Å²) in [6, 6.07) is 20.1. The van der Waals surface area contributed by atoms with Crippen molar-refractivity contribution in [2.45, 2.75) is 25.7 Å². The van der Waals surface area contributed by atoms with Crippen LogP contribution in [0.4, 0.5) is 11.4 Å². The highest BCUT2D eigenvalue weighted by molar-refractivity contribution is 6.21. The van der Waals surface area contributed by atoms with E-state index in [1.165, 1.54) is 24.3 Å². The average molecular weight is 533 g/mol. The molecule has 0 saturated carbocycles. The van der Waals surface area contributed by atoms with Gasteiger partial charge in [-0.25, -0.2) is 0 Å². The quantitative estimate of drug-likeness (QED) is 0.235. The molecule has 0 bridgehead atoms. The molecule has 0 unspecified atom stereocenters.